The first-order valence-corrected chi connectivity index (χ1v) is 7.72. The minimum atomic E-state index is 0.333. The quantitative estimate of drug-likeness (QED) is 0.435. The average Bonchev–Trinajstić information content (AvgIpc) is 2.90. The Labute approximate surface area is 132 Å². The number of anilines is 1. The third-order valence-electron chi connectivity index (χ3n) is 3.50. The molecule has 1 aromatic carbocycles. The maximum atomic E-state index is 7.91. The van der Waals surface area contributed by atoms with Crippen molar-refractivity contribution in [3.8, 4) is 0 Å². The van der Waals surface area contributed by atoms with Gasteiger partial charge in [0.15, 0.2) is 5.96 Å². The lowest BCUT2D eigenvalue weighted by molar-refractivity contribution is 0.629. The minimum Gasteiger partial charge on any atom is -0.356 e. The van der Waals surface area contributed by atoms with Gasteiger partial charge in [0.05, 0.1) is 12.0 Å². The molecule has 0 bridgehead atoms. The minimum absolute atomic E-state index is 0.333. The third-order valence-corrected chi connectivity index (χ3v) is 3.50. The van der Waals surface area contributed by atoms with Crippen LogP contribution in [-0.4, -0.2) is 22.1 Å². The molecule has 0 aliphatic heterocycles. The average molecular weight is 299 g/mol. The van der Waals surface area contributed by atoms with Gasteiger partial charge in [0, 0.05) is 25.0 Å². The molecule has 1 heterocycles. The molecule has 0 atom stereocenters. The molecule has 0 saturated carbocycles. The second-order valence-electron chi connectivity index (χ2n) is 5.81. The van der Waals surface area contributed by atoms with Gasteiger partial charge in [0.2, 0.25) is 0 Å². The summed E-state index contributed by atoms with van der Waals surface area (Å²) in [6.45, 7) is 8.00. The molecule has 3 N–H and O–H groups in total. The van der Waals surface area contributed by atoms with E-state index >= 15 is 0 Å². The first-order valence-electron chi connectivity index (χ1n) is 7.72. The fourth-order valence-electron chi connectivity index (χ4n) is 2.21. The lowest BCUT2D eigenvalue weighted by Gasteiger charge is -2.12. The predicted octanol–water partition coefficient (Wildman–Crippen LogP) is 3.34. The van der Waals surface area contributed by atoms with E-state index in [1.54, 1.807) is 0 Å². The molecule has 1 aromatic heterocycles. The number of rotatable bonds is 6. The Kier molecular flexibility index (Phi) is 5.58. The first kappa shape index (κ1) is 16.1. The van der Waals surface area contributed by atoms with E-state index in [0.717, 1.165) is 30.9 Å². The maximum Gasteiger partial charge on any atom is 0.192 e. The largest absolute Gasteiger partial charge is 0.356 e. The number of aromatic nitrogens is 2. The molecule has 0 fully saturated rings. The second kappa shape index (κ2) is 7.64. The van der Waals surface area contributed by atoms with Crippen LogP contribution in [0.3, 0.4) is 0 Å². The fourth-order valence-corrected chi connectivity index (χ4v) is 2.21. The van der Waals surface area contributed by atoms with Crippen molar-refractivity contribution in [2.24, 2.45) is 0 Å². The van der Waals surface area contributed by atoms with Crippen LogP contribution >= 0.6 is 0 Å². The third kappa shape index (κ3) is 4.91. The first-order chi connectivity index (χ1) is 10.5. The van der Waals surface area contributed by atoms with Gasteiger partial charge in [-0.3, -0.25) is 5.41 Å². The zero-order valence-corrected chi connectivity index (χ0v) is 13.6. The van der Waals surface area contributed by atoms with Gasteiger partial charge >= 0.3 is 0 Å². The molecule has 2 aromatic rings. The van der Waals surface area contributed by atoms with Gasteiger partial charge in [-0.1, -0.05) is 26.0 Å². The molecule has 118 valence electrons. The van der Waals surface area contributed by atoms with Crippen molar-refractivity contribution in [1.82, 2.24) is 14.9 Å². The van der Waals surface area contributed by atoms with Crippen molar-refractivity contribution in [1.29, 1.82) is 5.41 Å². The van der Waals surface area contributed by atoms with Crippen LogP contribution in [0.25, 0.3) is 0 Å². The molecule has 2 rings (SSSR count). The van der Waals surface area contributed by atoms with Gasteiger partial charge in [-0.2, -0.15) is 0 Å². The number of imidazole rings is 1. The van der Waals surface area contributed by atoms with Crippen LogP contribution in [0.1, 0.15) is 37.4 Å². The molecule has 0 radical (unpaired) electrons. The van der Waals surface area contributed by atoms with Crippen molar-refractivity contribution >= 4 is 11.6 Å². The summed E-state index contributed by atoms with van der Waals surface area (Å²) in [7, 11) is 0. The molecule has 0 spiro atoms. The van der Waals surface area contributed by atoms with Crippen molar-refractivity contribution in [3.63, 3.8) is 0 Å². The van der Waals surface area contributed by atoms with E-state index in [9.17, 15) is 0 Å². The van der Waals surface area contributed by atoms with E-state index in [2.05, 4.69) is 46.2 Å². The Morgan fingerprint density at radius 2 is 2.00 bits per heavy atom. The summed E-state index contributed by atoms with van der Waals surface area (Å²) in [5.41, 5.74) is 3.28. The van der Waals surface area contributed by atoms with E-state index in [1.165, 1.54) is 5.56 Å². The van der Waals surface area contributed by atoms with Gasteiger partial charge in [0.1, 0.15) is 0 Å². The number of guanidine groups is 1. The fraction of sp³-hybridized carbons (Fsp3) is 0.412. The van der Waals surface area contributed by atoms with Crippen molar-refractivity contribution in [3.05, 3.63) is 48.0 Å². The molecule has 0 unspecified atom stereocenters. The van der Waals surface area contributed by atoms with Crippen molar-refractivity contribution in [2.45, 2.75) is 39.7 Å². The van der Waals surface area contributed by atoms with Gasteiger partial charge in [0.25, 0.3) is 0 Å². The van der Waals surface area contributed by atoms with Crippen LogP contribution < -0.4 is 10.6 Å². The van der Waals surface area contributed by atoms with Crippen molar-refractivity contribution in [2.75, 3.05) is 11.9 Å². The molecule has 0 saturated heterocycles. The smallest absolute Gasteiger partial charge is 0.192 e. The maximum absolute atomic E-state index is 7.91. The van der Waals surface area contributed by atoms with Gasteiger partial charge in [-0.25, -0.2) is 4.98 Å². The number of aryl methyl sites for hydroxylation is 2. The second-order valence-corrected chi connectivity index (χ2v) is 5.81. The van der Waals surface area contributed by atoms with E-state index in [0.29, 0.717) is 11.9 Å². The topological polar surface area (TPSA) is 65.7 Å². The van der Waals surface area contributed by atoms with E-state index in [4.69, 9.17) is 5.41 Å². The van der Waals surface area contributed by atoms with Gasteiger partial charge < -0.3 is 15.2 Å². The number of hydrogen-bond donors (Lipinski definition) is 3. The molecule has 0 amide bonds. The Bertz CT molecular complexity index is 598. The van der Waals surface area contributed by atoms with Crippen LogP contribution in [-0.2, 0) is 6.54 Å². The Balaban J connectivity index is 1.69. The van der Waals surface area contributed by atoms with Crippen LogP contribution in [0.4, 0.5) is 5.69 Å². The van der Waals surface area contributed by atoms with Crippen LogP contribution in [0.15, 0.2) is 36.8 Å². The molecule has 5 heteroatoms. The van der Waals surface area contributed by atoms with Crippen LogP contribution in [0.2, 0.25) is 0 Å². The van der Waals surface area contributed by atoms with Gasteiger partial charge in [-0.05, 0) is 37.0 Å². The molecule has 0 aliphatic carbocycles. The molecular formula is C17H25N5. The van der Waals surface area contributed by atoms with E-state index in [1.807, 2.05) is 31.6 Å². The van der Waals surface area contributed by atoms with Crippen LogP contribution in [0.5, 0.6) is 0 Å². The van der Waals surface area contributed by atoms with Crippen LogP contribution in [0, 0.1) is 12.3 Å². The number of benzene rings is 1. The SMILES string of the molecule is Cc1cn(CCCNC(=N)Nc2ccc(C(C)C)cc2)cn1. The van der Waals surface area contributed by atoms with E-state index in [-0.39, 0.29) is 0 Å². The highest BCUT2D eigenvalue weighted by molar-refractivity contribution is 5.91. The highest BCUT2D eigenvalue weighted by atomic mass is 15.1. The monoisotopic (exact) mass is 299 g/mol. The number of nitrogens with zero attached hydrogens (tertiary/aromatic N) is 2. The normalized spacial score (nSPS) is 10.7. The molecule has 22 heavy (non-hydrogen) atoms. The highest BCUT2D eigenvalue weighted by Crippen LogP contribution is 2.16. The number of nitrogens with one attached hydrogen (secondary N) is 3. The standard InChI is InChI=1S/C17H25N5/c1-13(2)15-5-7-16(8-6-15)21-17(18)19-9-4-10-22-11-14(3)20-12-22/h5-8,11-13H,4,9-10H2,1-3H3,(H3,18,19,21). The summed E-state index contributed by atoms with van der Waals surface area (Å²) in [5, 5.41) is 14.1. The zero-order valence-electron chi connectivity index (χ0n) is 13.6. The van der Waals surface area contributed by atoms with Gasteiger partial charge in [-0.15, -0.1) is 0 Å². The summed E-state index contributed by atoms with van der Waals surface area (Å²) < 4.78 is 2.07. The Morgan fingerprint density at radius 3 is 2.59 bits per heavy atom. The van der Waals surface area contributed by atoms with E-state index < -0.39 is 0 Å². The summed E-state index contributed by atoms with van der Waals surface area (Å²) in [6.07, 6.45) is 4.82. The Morgan fingerprint density at radius 1 is 1.27 bits per heavy atom. The summed E-state index contributed by atoms with van der Waals surface area (Å²) in [4.78, 5) is 4.19. The molecule has 0 aliphatic rings. The van der Waals surface area contributed by atoms with Crippen molar-refractivity contribution < 1.29 is 0 Å². The summed E-state index contributed by atoms with van der Waals surface area (Å²) >= 11 is 0. The zero-order chi connectivity index (χ0) is 15.9. The number of hydrogen-bond acceptors (Lipinski definition) is 2. The summed E-state index contributed by atoms with van der Waals surface area (Å²) in [5.74, 6) is 0.859. The molecule has 5 nitrogen and oxygen atoms in total. The lowest BCUT2D eigenvalue weighted by Crippen LogP contribution is -2.30. The lowest BCUT2D eigenvalue weighted by atomic mass is 10.0. The molecular weight excluding hydrogens is 274 g/mol. The highest BCUT2D eigenvalue weighted by Gasteiger charge is 2.01. The Hall–Kier alpha value is -2.30. The summed E-state index contributed by atoms with van der Waals surface area (Å²) in [6, 6.07) is 8.23. The predicted molar refractivity (Wildman–Crippen MR) is 91.5 cm³/mol.